The molecule has 1 N–H and O–H groups in total. The molecule has 3 aliphatic rings. The van der Waals surface area contributed by atoms with E-state index in [1.165, 1.54) is 24.0 Å². The van der Waals surface area contributed by atoms with Crippen LogP contribution in [0.25, 0.3) is 0 Å². The summed E-state index contributed by atoms with van der Waals surface area (Å²) in [5.41, 5.74) is 1.95. The topological polar surface area (TPSA) is 32.7 Å². The zero-order chi connectivity index (χ0) is 13.6. The maximum absolute atomic E-state index is 11.5. The molecule has 0 aromatic heterocycles. The molecule has 3 heteroatoms. The van der Waals surface area contributed by atoms with Gasteiger partial charge in [-0.15, -0.1) is 0 Å². The fourth-order valence-corrected chi connectivity index (χ4v) is 4.56. The Labute approximate surface area is 120 Å². The first-order chi connectivity index (χ1) is 9.82. The molecular formula is C17H23NO2. The molecule has 3 nitrogen and oxygen atoms in total. The van der Waals surface area contributed by atoms with Gasteiger partial charge in [-0.2, -0.15) is 0 Å². The van der Waals surface area contributed by atoms with Crippen LogP contribution in [-0.2, 0) is 10.3 Å². The molecular weight excluding hydrogens is 250 g/mol. The molecule has 0 unspecified atom stereocenters. The average molecular weight is 273 g/mol. The molecule has 1 aromatic carbocycles. The number of nitrogens with zero attached hydrogens (tertiary/aromatic N) is 1. The van der Waals surface area contributed by atoms with Crippen LogP contribution in [0, 0.1) is 0 Å². The monoisotopic (exact) mass is 273 g/mol. The number of rotatable bonds is 1. The SMILES string of the molecule is O[C@@]12c3ccccc3[C@H]1CCCC[C@H]2N1CCOCC1. The number of aliphatic hydroxyl groups is 1. The van der Waals surface area contributed by atoms with E-state index < -0.39 is 5.60 Å². The molecule has 1 saturated heterocycles. The number of hydrogen-bond acceptors (Lipinski definition) is 3. The molecule has 1 aliphatic heterocycles. The van der Waals surface area contributed by atoms with Crippen LogP contribution < -0.4 is 0 Å². The van der Waals surface area contributed by atoms with Gasteiger partial charge >= 0.3 is 0 Å². The standard InChI is InChI=1S/C17H23NO2/c19-17-14-6-2-1-5-13(14)15(17)7-3-4-8-16(17)18-9-11-20-12-10-18/h1-2,5-6,15-16,19H,3-4,7-12H2/t15-,16-,17+/m1/s1. The van der Waals surface area contributed by atoms with Crippen LogP contribution in [0.1, 0.15) is 42.7 Å². The summed E-state index contributed by atoms with van der Waals surface area (Å²) >= 11 is 0. The summed E-state index contributed by atoms with van der Waals surface area (Å²) < 4.78 is 5.48. The van der Waals surface area contributed by atoms with Crippen molar-refractivity contribution in [1.82, 2.24) is 4.90 Å². The second kappa shape index (κ2) is 4.83. The molecule has 20 heavy (non-hydrogen) atoms. The first-order valence-corrected chi connectivity index (χ1v) is 7.95. The van der Waals surface area contributed by atoms with Gasteiger partial charge in [-0.05, 0) is 24.0 Å². The summed E-state index contributed by atoms with van der Waals surface area (Å²) in [5, 5.41) is 11.5. The Morgan fingerprint density at radius 1 is 1.10 bits per heavy atom. The first-order valence-electron chi connectivity index (χ1n) is 7.95. The smallest absolute Gasteiger partial charge is 0.112 e. The van der Waals surface area contributed by atoms with Crippen LogP contribution in [0.4, 0.5) is 0 Å². The minimum absolute atomic E-state index is 0.272. The largest absolute Gasteiger partial charge is 0.383 e. The minimum atomic E-state index is -0.621. The summed E-state index contributed by atoms with van der Waals surface area (Å²) in [6.07, 6.45) is 4.71. The van der Waals surface area contributed by atoms with Crippen molar-refractivity contribution in [3.8, 4) is 0 Å². The van der Waals surface area contributed by atoms with Gasteiger partial charge < -0.3 is 9.84 Å². The van der Waals surface area contributed by atoms with Crippen molar-refractivity contribution in [3.63, 3.8) is 0 Å². The van der Waals surface area contributed by atoms with Crippen LogP contribution >= 0.6 is 0 Å². The van der Waals surface area contributed by atoms with Crippen molar-refractivity contribution < 1.29 is 9.84 Å². The van der Waals surface area contributed by atoms with E-state index >= 15 is 0 Å². The Bertz CT molecular complexity index is 498. The van der Waals surface area contributed by atoms with Crippen LogP contribution in [0.2, 0.25) is 0 Å². The predicted molar refractivity (Wildman–Crippen MR) is 77.7 cm³/mol. The predicted octanol–water partition coefficient (Wildman–Crippen LogP) is 2.25. The molecule has 0 amide bonds. The molecule has 2 fully saturated rings. The minimum Gasteiger partial charge on any atom is -0.383 e. The highest BCUT2D eigenvalue weighted by atomic mass is 16.5. The van der Waals surface area contributed by atoms with Gasteiger partial charge in [-0.25, -0.2) is 0 Å². The van der Waals surface area contributed by atoms with Crippen molar-refractivity contribution in [2.45, 2.75) is 43.2 Å². The highest BCUT2D eigenvalue weighted by Gasteiger charge is 2.56. The highest BCUT2D eigenvalue weighted by molar-refractivity contribution is 5.49. The van der Waals surface area contributed by atoms with Crippen LogP contribution in [0.3, 0.4) is 0 Å². The Hall–Kier alpha value is -0.900. The van der Waals surface area contributed by atoms with E-state index in [1.807, 2.05) is 0 Å². The van der Waals surface area contributed by atoms with Crippen molar-refractivity contribution in [2.24, 2.45) is 0 Å². The Kier molecular flexibility index (Phi) is 3.09. The van der Waals surface area contributed by atoms with Gasteiger partial charge in [0.05, 0.1) is 13.2 Å². The van der Waals surface area contributed by atoms with Crippen molar-refractivity contribution in [3.05, 3.63) is 35.4 Å². The quantitative estimate of drug-likeness (QED) is 0.852. The molecule has 0 radical (unpaired) electrons. The van der Waals surface area contributed by atoms with Crippen LogP contribution in [0.5, 0.6) is 0 Å². The third kappa shape index (κ3) is 1.70. The van der Waals surface area contributed by atoms with Gasteiger partial charge in [0.25, 0.3) is 0 Å². The number of morpholine rings is 1. The molecule has 1 aromatic rings. The van der Waals surface area contributed by atoms with Gasteiger partial charge in [-0.1, -0.05) is 37.1 Å². The molecule has 0 spiro atoms. The van der Waals surface area contributed by atoms with E-state index in [0.717, 1.165) is 39.1 Å². The number of ether oxygens (including phenoxy) is 1. The number of benzene rings is 1. The summed E-state index contributed by atoms with van der Waals surface area (Å²) in [6, 6.07) is 8.77. The summed E-state index contributed by atoms with van der Waals surface area (Å²) in [6.45, 7) is 3.53. The third-order valence-corrected chi connectivity index (χ3v) is 5.51. The zero-order valence-electron chi connectivity index (χ0n) is 11.9. The molecule has 1 saturated carbocycles. The van der Waals surface area contributed by atoms with Crippen LogP contribution in [-0.4, -0.2) is 42.4 Å². The Balaban J connectivity index is 1.71. The van der Waals surface area contributed by atoms with Gasteiger partial charge in [0.2, 0.25) is 0 Å². The van der Waals surface area contributed by atoms with Crippen molar-refractivity contribution >= 4 is 0 Å². The zero-order valence-corrected chi connectivity index (χ0v) is 11.9. The summed E-state index contributed by atoms with van der Waals surface area (Å²) in [4.78, 5) is 2.47. The van der Waals surface area contributed by atoms with Gasteiger partial charge in [0.1, 0.15) is 5.60 Å². The maximum Gasteiger partial charge on any atom is 0.112 e. The molecule has 3 atom stereocenters. The van der Waals surface area contributed by atoms with E-state index in [0.29, 0.717) is 5.92 Å². The van der Waals surface area contributed by atoms with Crippen molar-refractivity contribution in [2.75, 3.05) is 26.3 Å². The second-order valence-corrected chi connectivity index (χ2v) is 6.41. The fourth-order valence-electron chi connectivity index (χ4n) is 4.56. The lowest BCUT2D eigenvalue weighted by molar-refractivity contribution is -0.112. The van der Waals surface area contributed by atoms with Gasteiger partial charge in [0.15, 0.2) is 0 Å². The number of fused-ring (bicyclic) bond motifs is 4. The second-order valence-electron chi connectivity index (χ2n) is 6.41. The molecule has 108 valence electrons. The third-order valence-electron chi connectivity index (χ3n) is 5.51. The molecule has 1 heterocycles. The van der Waals surface area contributed by atoms with Gasteiger partial charge in [-0.3, -0.25) is 4.90 Å². The van der Waals surface area contributed by atoms with E-state index in [1.54, 1.807) is 0 Å². The van der Waals surface area contributed by atoms with E-state index in [4.69, 9.17) is 4.74 Å². The maximum atomic E-state index is 11.5. The van der Waals surface area contributed by atoms with E-state index in [-0.39, 0.29) is 6.04 Å². The van der Waals surface area contributed by atoms with Gasteiger partial charge in [0, 0.05) is 25.0 Å². The van der Waals surface area contributed by atoms with Crippen LogP contribution in [0.15, 0.2) is 24.3 Å². The molecule has 4 rings (SSSR count). The lowest BCUT2D eigenvalue weighted by Gasteiger charge is -2.54. The average Bonchev–Trinajstić information content (AvgIpc) is 2.65. The van der Waals surface area contributed by atoms with Crippen molar-refractivity contribution in [1.29, 1.82) is 0 Å². The number of hydrogen-bond donors (Lipinski definition) is 1. The lowest BCUT2D eigenvalue weighted by Crippen LogP contribution is -2.60. The summed E-state index contributed by atoms with van der Waals surface area (Å²) in [5.74, 6) is 0.342. The normalized spacial score (nSPS) is 37.5. The Morgan fingerprint density at radius 2 is 1.85 bits per heavy atom. The summed E-state index contributed by atoms with van der Waals surface area (Å²) in [7, 11) is 0. The highest BCUT2D eigenvalue weighted by Crippen LogP contribution is 2.57. The van der Waals surface area contributed by atoms with E-state index in [9.17, 15) is 5.11 Å². The molecule has 0 bridgehead atoms. The lowest BCUT2D eigenvalue weighted by atomic mass is 9.60. The molecule has 2 aliphatic carbocycles. The Morgan fingerprint density at radius 3 is 2.70 bits per heavy atom. The first kappa shape index (κ1) is 12.8. The fraction of sp³-hybridized carbons (Fsp3) is 0.647. The van der Waals surface area contributed by atoms with E-state index in [2.05, 4.69) is 29.2 Å².